The van der Waals surface area contributed by atoms with Gasteiger partial charge in [-0.2, -0.15) is 5.10 Å². The normalized spacial score (nSPS) is 11.2. The topological polar surface area (TPSA) is 30.7 Å². The molecule has 1 heterocycles. The van der Waals surface area contributed by atoms with Gasteiger partial charge in [-0.25, -0.2) is 4.98 Å². The van der Waals surface area contributed by atoms with Crippen LogP contribution in [-0.4, -0.2) is 20.6 Å². The summed E-state index contributed by atoms with van der Waals surface area (Å²) in [5.74, 6) is 1.65. The molecule has 0 spiro atoms. The second-order valence-electron chi connectivity index (χ2n) is 2.45. The largest absolute Gasteiger partial charge is 0.253 e. The van der Waals surface area contributed by atoms with Crippen LogP contribution in [0.5, 0.6) is 0 Å². The molecule has 0 unspecified atom stereocenters. The molecule has 66 valence electrons. The highest BCUT2D eigenvalue weighted by molar-refractivity contribution is 6.17. The maximum absolute atomic E-state index is 5.51. The van der Waals surface area contributed by atoms with Gasteiger partial charge in [-0.05, 0) is 6.42 Å². The molecule has 0 radical (unpaired) electrons. The molecule has 0 aliphatic heterocycles. The van der Waals surface area contributed by atoms with Crippen LogP contribution in [0.4, 0.5) is 0 Å². The molecule has 0 saturated carbocycles. The fourth-order valence-electron chi connectivity index (χ4n) is 0.875. The molecule has 0 aliphatic carbocycles. The minimum absolute atomic E-state index is 0.676. The summed E-state index contributed by atoms with van der Waals surface area (Å²) in [6.07, 6.45) is 7.42. The zero-order chi connectivity index (χ0) is 8.81. The average Bonchev–Trinajstić information content (AvgIpc) is 2.46. The molecule has 0 aromatic carbocycles. The molecule has 12 heavy (non-hydrogen) atoms. The molecule has 4 heteroatoms. The van der Waals surface area contributed by atoms with Crippen LogP contribution in [0, 0.1) is 0 Å². The zero-order valence-electron chi connectivity index (χ0n) is 7.07. The van der Waals surface area contributed by atoms with Gasteiger partial charge in [-0.15, -0.1) is 11.6 Å². The Morgan fingerprint density at radius 3 is 3.00 bits per heavy atom. The van der Waals surface area contributed by atoms with E-state index in [0.29, 0.717) is 5.88 Å². The Bertz CT molecular complexity index is 255. The van der Waals surface area contributed by atoms with Gasteiger partial charge in [0, 0.05) is 19.3 Å². The highest BCUT2D eigenvalue weighted by atomic mass is 35.5. The predicted molar refractivity (Wildman–Crippen MR) is 49.2 cm³/mol. The summed E-state index contributed by atoms with van der Waals surface area (Å²) in [5, 5.41) is 3.96. The van der Waals surface area contributed by atoms with E-state index in [9.17, 15) is 0 Å². The number of aryl methyl sites for hydroxylation is 1. The third-order valence-electron chi connectivity index (χ3n) is 1.55. The van der Waals surface area contributed by atoms with Gasteiger partial charge < -0.3 is 0 Å². The Balaban J connectivity index is 2.37. The molecule has 0 atom stereocenters. The monoisotopic (exact) mass is 185 g/mol. The van der Waals surface area contributed by atoms with E-state index in [0.717, 1.165) is 18.7 Å². The summed E-state index contributed by atoms with van der Waals surface area (Å²) in [6, 6.07) is 0. The molecule has 1 rings (SSSR count). The van der Waals surface area contributed by atoms with E-state index in [4.69, 9.17) is 11.6 Å². The Morgan fingerprint density at radius 2 is 2.42 bits per heavy atom. The fourth-order valence-corrected chi connectivity index (χ4v) is 1.00. The molecule has 3 nitrogen and oxygen atoms in total. The van der Waals surface area contributed by atoms with Crippen LogP contribution in [0.3, 0.4) is 0 Å². The highest BCUT2D eigenvalue weighted by Gasteiger charge is 1.94. The van der Waals surface area contributed by atoms with E-state index in [1.807, 2.05) is 7.05 Å². The number of aromatic nitrogens is 3. The van der Waals surface area contributed by atoms with Gasteiger partial charge in [-0.3, -0.25) is 4.68 Å². The standard InChI is InChI=1S/C8H12ClN3/c1-12-8(10-7-11-12)5-3-2-4-6-9/h2-3,7H,4-6H2,1H3. The first-order chi connectivity index (χ1) is 5.84. The number of alkyl halides is 1. The fraction of sp³-hybridized carbons (Fsp3) is 0.500. The van der Waals surface area contributed by atoms with Crippen molar-refractivity contribution < 1.29 is 0 Å². The molecule has 0 N–H and O–H groups in total. The quantitative estimate of drug-likeness (QED) is 0.527. The number of rotatable bonds is 4. The summed E-state index contributed by atoms with van der Waals surface area (Å²) in [6.45, 7) is 0. The number of allylic oxidation sites excluding steroid dienone is 2. The minimum Gasteiger partial charge on any atom is -0.253 e. The molecule has 0 saturated heterocycles. The molecule has 1 aromatic rings. The van der Waals surface area contributed by atoms with Gasteiger partial charge in [0.1, 0.15) is 12.2 Å². The third kappa shape index (κ3) is 2.66. The van der Waals surface area contributed by atoms with E-state index >= 15 is 0 Å². The minimum atomic E-state index is 0.676. The van der Waals surface area contributed by atoms with E-state index in [-0.39, 0.29) is 0 Å². The number of halogens is 1. The molecule has 0 bridgehead atoms. The first kappa shape index (κ1) is 9.26. The summed E-state index contributed by atoms with van der Waals surface area (Å²) in [4.78, 5) is 4.08. The second kappa shape index (κ2) is 4.93. The van der Waals surface area contributed by atoms with Crippen molar-refractivity contribution in [3.63, 3.8) is 0 Å². The van der Waals surface area contributed by atoms with Gasteiger partial charge in [0.25, 0.3) is 0 Å². The van der Waals surface area contributed by atoms with Gasteiger partial charge in [0.15, 0.2) is 0 Å². The molecule has 0 amide bonds. The number of hydrogen-bond acceptors (Lipinski definition) is 2. The molecule has 0 aliphatic rings. The van der Waals surface area contributed by atoms with Gasteiger partial charge in [0.05, 0.1) is 0 Å². The third-order valence-corrected chi connectivity index (χ3v) is 1.77. The molecule has 1 aromatic heterocycles. The Labute approximate surface area is 77.1 Å². The lowest BCUT2D eigenvalue weighted by Gasteiger charge is -1.93. The van der Waals surface area contributed by atoms with Crippen LogP contribution in [0.15, 0.2) is 18.5 Å². The number of nitrogens with zero attached hydrogens (tertiary/aromatic N) is 3. The maximum Gasteiger partial charge on any atom is 0.138 e. The summed E-state index contributed by atoms with van der Waals surface area (Å²) >= 11 is 5.51. The van der Waals surface area contributed by atoms with Crippen LogP contribution >= 0.6 is 11.6 Å². The Kier molecular flexibility index (Phi) is 3.80. The highest BCUT2D eigenvalue weighted by Crippen LogP contribution is 1.95. The SMILES string of the molecule is Cn1ncnc1CC=CCCCl. The van der Waals surface area contributed by atoms with Crippen LogP contribution in [0.2, 0.25) is 0 Å². The molecule has 0 fully saturated rings. The van der Waals surface area contributed by atoms with Crippen molar-refractivity contribution in [3.05, 3.63) is 24.3 Å². The van der Waals surface area contributed by atoms with Gasteiger partial charge in [-0.1, -0.05) is 12.2 Å². The lowest BCUT2D eigenvalue weighted by atomic mass is 10.3. The second-order valence-corrected chi connectivity index (χ2v) is 2.83. The molecular formula is C8H12ClN3. The summed E-state index contributed by atoms with van der Waals surface area (Å²) in [5.41, 5.74) is 0. The van der Waals surface area contributed by atoms with Crippen molar-refractivity contribution in [2.45, 2.75) is 12.8 Å². The number of hydrogen-bond donors (Lipinski definition) is 0. The van der Waals surface area contributed by atoms with Gasteiger partial charge >= 0.3 is 0 Å². The maximum atomic E-state index is 5.51. The van der Waals surface area contributed by atoms with Crippen molar-refractivity contribution in [3.8, 4) is 0 Å². The summed E-state index contributed by atoms with van der Waals surface area (Å²) in [7, 11) is 1.89. The Hall–Kier alpha value is -0.830. The van der Waals surface area contributed by atoms with Crippen molar-refractivity contribution in [1.29, 1.82) is 0 Å². The van der Waals surface area contributed by atoms with E-state index < -0.39 is 0 Å². The predicted octanol–water partition coefficient (Wildman–Crippen LogP) is 1.54. The molecular weight excluding hydrogens is 174 g/mol. The lowest BCUT2D eigenvalue weighted by molar-refractivity contribution is 0.719. The first-order valence-electron chi connectivity index (χ1n) is 3.88. The van der Waals surface area contributed by atoms with E-state index in [1.54, 1.807) is 11.0 Å². The smallest absolute Gasteiger partial charge is 0.138 e. The van der Waals surface area contributed by atoms with E-state index in [1.165, 1.54) is 0 Å². The van der Waals surface area contributed by atoms with Crippen molar-refractivity contribution >= 4 is 11.6 Å². The lowest BCUT2D eigenvalue weighted by Crippen LogP contribution is -1.97. The summed E-state index contributed by atoms with van der Waals surface area (Å²) < 4.78 is 1.77. The van der Waals surface area contributed by atoms with Crippen LogP contribution in [0.25, 0.3) is 0 Å². The Morgan fingerprint density at radius 1 is 1.58 bits per heavy atom. The first-order valence-corrected chi connectivity index (χ1v) is 4.42. The van der Waals surface area contributed by atoms with Crippen LogP contribution in [0.1, 0.15) is 12.2 Å². The van der Waals surface area contributed by atoms with Crippen LogP contribution in [-0.2, 0) is 13.5 Å². The van der Waals surface area contributed by atoms with Crippen molar-refractivity contribution in [2.24, 2.45) is 7.05 Å². The van der Waals surface area contributed by atoms with Gasteiger partial charge in [0.2, 0.25) is 0 Å². The van der Waals surface area contributed by atoms with Crippen molar-refractivity contribution in [2.75, 3.05) is 5.88 Å². The zero-order valence-corrected chi connectivity index (χ0v) is 7.83. The van der Waals surface area contributed by atoms with Crippen LogP contribution < -0.4 is 0 Å². The van der Waals surface area contributed by atoms with Crippen molar-refractivity contribution in [1.82, 2.24) is 14.8 Å². The van der Waals surface area contributed by atoms with E-state index in [2.05, 4.69) is 22.2 Å². The average molecular weight is 186 g/mol.